The Morgan fingerprint density at radius 3 is 1.15 bits per heavy atom. The molecule has 0 atom stereocenters. The molecular weight excluding hydrogens is 1000 g/mol. The average molecular weight is 1050 g/mol. The number of para-hydroxylation sites is 6. The van der Waals surface area contributed by atoms with Crippen LogP contribution in [0.3, 0.4) is 0 Å². The predicted molar refractivity (Wildman–Crippen MR) is 344 cm³/mol. The minimum Gasteiger partial charge on any atom is -0.454 e. The van der Waals surface area contributed by atoms with E-state index in [0.717, 1.165) is 111 Å². The third-order valence-corrected chi connectivity index (χ3v) is 16.9. The van der Waals surface area contributed by atoms with Crippen molar-refractivity contribution in [1.82, 2.24) is 9.13 Å². The smallest absolute Gasteiger partial charge is 0.159 e. The summed E-state index contributed by atoms with van der Waals surface area (Å²) in [6.45, 7) is 4.31. The minimum atomic E-state index is 0.861. The Balaban J connectivity index is 0.882. The maximum absolute atomic E-state index is 6.71. The van der Waals surface area contributed by atoms with Gasteiger partial charge in [0.05, 0.1) is 33.4 Å². The molecule has 0 saturated heterocycles. The molecule has 0 spiro atoms. The summed E-state index contributed by atoms with van der Waals surface area (Å²) in [6.07, 6.45) is 0. The van der Waals surface area contributed by atoms with Gasteiger partial charge in [-0.2, -0.15) is 0 Å². The van der Waals surface area contributed by atoms with Gasteiger partial charge >= 0.3 is 0 Å². The summed E-state index contributed by atoms with van der Waals surface area (Å²) >= 11 is 0. The van der Waals surface area contributed by atoms with Crippen LogP contribution in [0.5, 0.6) is 0 Å². The van der Waals surface area contributed by atoms with Gasteiger partial charge in [-0.3, -0.25) is 0 Å². The van der Waals surface area contributed by atoms with E-state index in [9.17, 15) is 0 Å². The lowest BCUT2D eigenvalue weighted by Gasteiger charge is -2.26. The van der Waals surface area contributed by atoms with Gasteiger partial charge in [0.1, 0.15) is 11.2 Å². The van der Waals surface area contributed by atoms with E-state index in [2.05, 4.69) is 288 Å². The van der Waals surface area contributed by atoms with Crippen LogP contribution in [0.15, 0.2) is 276 Å². The standard InChI is InChI=1S/C76H50N4O2/c1-47-17-13-23-53(41-47)77(67-29-15-27-63-59-25-9-11-31-71(59)81-75(63)67)55-35-39-57-49(43-55)33-37-61-65-45-66-62-38-34-50-44-56(78(54-24-14-18-48(2)42-54)68-30-16-28-64-60-26-10-12-32-72(60)82-76(64)68)36-40-58(50)74(62)80(52-21-7-4-8-22-52)70(66)46-69(65)79(73(57)61)51-19-5-3-6-20-51/h3-46H,1-2H3. The monoisotopic (exact) mass is 1050 g/mol. The highest BCUT2D eigenvalue weighted by Gasteiger charge is 2.25. The first kappa shape index (κ1) is 46.1. The van der Waals surface area contributed by atoms with Gasteiger partial charge in [-0.05, 0) is 145 Å². The second kappa shape index (κ2) is 17.8. The van der Waals surface area contributed by atoms with Gasteiger partial charge < -0.3 is 27.8 Å². The average Bonchev–Trinajstić information content (AvgIpc) is 3.02. The predicted octanol–water partition coefficient (Wildman–Crippen LogP) is 21.5. The van der Waals surface area contributed by atoms with Crippen LogP contribution in [0.25, 0.3) is 120 Å². The van der Waals surface area contributed by atoms with Crippen molar-refractivity contribution in [3.63, 3.8) is 0 Å². The Morgan fingerprint density at radius 1 is 0.280 bits per heavy atom. The van der Waals surface area contributed by atoms with E-state index in [0.29, 0.717) is 0 Å². The largest absolute Gasteiger partial charge is 0.454 e. The first-order chi connectivity index (χ1) is 40.5. The lowest BCUT2D eigenvalue weighted by Crippen LogP contribution is -2.10. The van der Waals surface area contributed by atoms with Gasteiger partial charge in [-0.25, -0.2) is 0 Å². The SMILES string of the molecule is Cc1cccc(N(c2ccc3c(ccc4c5cc6c7ccc8cc(N(c9cccc(C)c9)c9cccc%10c9oc9ccccc9%10)ccc8c7n(-c7ccccc7)c6cc5n(-c5ccccc5)c34)c2)c2cccc3c2oc2ccccc23)c1. The number of benzene rings is 13. The van der Waals surface area contributed by atoms with E-state index < -0.39 is 0 Å². The van der Waals surface area contributed by atoms with Gasteiger partial charge in [0, 0.05) is 88.0 Å². The van der Waals surface area contributed by atoms with E-state index >= 15 is 0 Å². The molecule has 386 valence electrons. The van der Waals surface area contributed by atoms with Crippen LogP contribution in [-0.2, 0) is 0 Å². The van der Waals surface area contributed by atoms with Crippen LogP contribution in [0, 0.1) is 13.8 Å². The number of hydrogen-bond acceptors (Lipinski definition) is 4. The number of furan rings is 2. The van der Waals surface area contributed by atoms with E-state index in [1.54, 1.807) is 0 Å². The van der Waals surface area contributed by atoms with Crippen molar-refractivity contribution in [3.05, 3.63) is 278 Å². The molecule has 6 nitrogen and oxygen atoms in total. The first-order valence-electron chi connectivity index (χ1n) is 28.1. The zero-order valence-electron chi connectivity index (χ0n) is 45.0. The van der Waals surface area contributed by atoms with Crippen LogP contribution in [0.4, 0.5) is 34.1 Å². The van der Waals surface area contributed by atoms with Gasteiger partial charge in [-0.1, -0.05) is 158 Å². The fourth-order valence-corrected chi connectivity index (χ4v) is 13.3. The van der Waals surface area contributed by atoms with Crippen molar-refractivity contribution >= 4 is 143 Å². The van der Waals surface area contributed by atoms with Crippen LogP contribution < -0.4 is 9.80 Å². The number of rotatable bonds is 8. The highest BCUT2D eigenvalue weighted by molar-refractivity contribution is 6.26. The molecule has 0 aliphatic rings. The molecule has 17 aromatic rings. The van der Waals surface area contributed by atoms with Crippen molar-refractivity contribution < 1.29 is 8.83 Å². The fraction of sp³-hybridized carbons (Fsp3) is 0.0263. The zero-order chi connectivity index (χ0) is 54.2. The molecule has 0 amide bonds. The maximum Gasteiger partial charge on any atom is 0.159 e. The molecule has 0 saturated carbocycles. The number of anilines is 6. The van der Waals surface area contributed by atoms with Gasteiger partial charge in [0.25, 0.3) is 0 Å². The summed E-state index contributed by atoms with van der Waals surface area (Å²) in [4.78, 5) is 4.70. The molecule has 0 N–H and O–H groups in total. The van der Waals surface area contributed by atoms with Crippen molar-refractivity contribution in [1.29, 1.82) is 0 Å². The molecule has 82 heavy (non-hydrogen) atoms. The number of fused-ring (bicyclic) bond motifs is 16. The van der Waals surface area contributed by atoms with Crippen LogP contribution in [0.1, 0.15) is 11.1 Å². The molecule has 0 aliphatic heterocycles. The summed E-state index contributed by atoms with van der Waals surface area (Å²) in [6, 6.07) is 96.9. The van der Waals surface area contributed by atoms with Gasteiger partial charge in [0.2, 0.25) is 0 Å². The Kier molecular flexibility index (Phi) is 10.0. The minimum absolute atomic E-state index is 0.861. The zero-order valence-corrected chi connectivity index (χ0v) is 45.0. The number of nitrogens with zero attached hydrogens (tertiary/aromatic N) is 4. The summed E-state index contributed by atoms with van der Waals surface area (Å²) in [5, 5.41) is 13.8. The lowest BCUT2D eigenvalue weighted by molar-refractivity contribution is 0.668. The van der Waals surface area contributed by atoms with Crippen molar-refractivity contribution in [2.75, 3.05) is 9.80 Å². The van der Waals surface area contributed by atoms with Crippen LogP contribution in [-0.4, -0.2) is 9.13 Å². The van der Waals surface area contributed by atoms with Crippen LogP contribution in [0.2, 0.25) is 0 Å². The quantitative estimate of drug-likeness (QED) is 0.152. The Labute approximate surface area is 471 Å². The molecule has 13 aromatic carbocycles. The summed E-state index contributed by atoms with van der Waals surface area (Å²) < 4.78 is 18.4. The van der Waals surface area contributed by atoms with Crippen molar-refractivity contribution in [3.8, 4) is 11.4 Å². The lowest BCUT2D eigenvalue weighted by atomic mass is 10.0. The normalized spacial score (nSPS) is 12.0. The molecule has 0 bridgehead atoms. The molecule has 4 heterocycles. The Hall–Kier alpha value is -10.8. The van der Waals surface area contributed by atoms with E-state index in [1.807, 2.05) is 12.1 Å². The number of hydrogen-bond donors (Lipinski definition) is 0. The molecule has 0 aliphatic carbocycles. The Morgan fingerprint density at radius 2 is 0.683 bits per heavy atom. The molecule has 6 heteroatoms. The summed E-state index contributed by atoms with van der Waals surface area (Å²) in [5.74, 6) is 0. The molecule has 0 unspecified atom stereocenters. The molecular formula is C76H50N4O2. The molecule has 17 rings (SSSR count). The highest BCUT2D eigenvalue weighted by atomic mass is 16.3. The maximum atomic E-state index is 6.71. The molecule has 0 fully saturated rings. The fourth-order valence-electron chi connectivity index (χ4n) is 13.3. The summed E-state index contributed by atoms with van der Waals surface area (Å²) in [7, 11) is 0. The van der Waals surface area contributed by atoms with E-state index in [4.69, 9.17) is 8.83 Å². The number of aryl methyl sites for hydroxylation is 2. The van der Waals surface area contributed by atoms with Gasteiger partial charge in [0.15, 0.2) is 11.2 Å². The second-order valence-electron chi connectivity index (χ2n) is 21.8. The van der Waals surface area contributed by atoms with Crippen molar-refractivity contribution in [2.45, 2.75) is 13.8 Å². The highest BCUT2D eigenvalue weighted by Crippen LogP contribution is 2.48. The Bertz CT molecular complexity index is 5120. The number of aromatic nitrogens is 2. The van der Waals surface area contributed by atoms with Crippen molar-refractivity contribution in [2.24, 2.45) is 0 Å². The first-order valence-corrected chi connectivity index (χ1v) is 28.1. The summed E-state index contributed by atoms with van der Waals surface area (Å²) in [5.41, 5.74) is 18.9. The topological polar surface area (TPSA) is 42.6 Å². The van der Waals surface area contributed by atoms with Crippen LogP contribution >= 0.6 is 0 Å². The molecule has 0 radical (unpaired) electrons. The van der Waals surface area contributed by atoms with E-state index in [-0.39, 0.29) is 0 Å². The third-order valence-electron chi connectivity index (χ3n) is 16.9. The third kappa shape index (κ3) is 6.95. The van der Waals surface area contributed by atoms with E-state index in [1.165, 1.54) is 54.5 Å². The van der Waals surface area contributed by atoms with Gasteiger partial charge in [-0.15, -0.1) is 0 Å². The second-order valence-corrected chi connectivity index (χ2v) is 21.8. The molecule has 4 aromatic heterocycles.